The van der Waals surface area contributed by atoms with E-state index >= 15 is 0 Å². The molecule has 1 N–H and O–H groups in total. The Kier molecular flexibility index (Phi) is 5.65. The zero-order valence-corrected chi connectivity index (χ0v) is 15.7. The first kappa shape index (κ1) is 19.6. The molecule has 0 aliphatic carbocycles. The van der Waals surface area contributed by atoms with Gasteiger partial charge in [-0.15, -0.1) is 0 Å². The predicted octanol–water partition coefficient (Wildman–Crippen LogP) is 3.03. The molecular weight excluding hydrogens is 314 g/mol. The van der Waals surface area contributed by atoms with Crippen LogP contribution in [0.2, 0.25) is 0 Å². The maximum atomic E-state index is 12.5. The Morgan fingerprint density at radius 1 is 1.04 bits per heavy atom. The number of carbonyl (C=O) groups is 1. The smallest absolute Gasteiger partial charge is 0.297 e. The lowest BCUT2D eigenvalue weighted by Gasteiger charge is -2.31. The van der Waals surface area contributed by atoms with Crippen molar-refractivity contribution in [1.29, 1.82) is 0 Å². The predicted molar refractivity (Wildman–Crippen MR) is 90.6 cm³/mol. The van der Waals surface area contributed by atoms with Gasteiger partial charge in [0.2, 0.25) is 0 Å². The first-order valence-electron chi connectivity index (χ1n) is 7.54. The summed E-state index contributed by atoms with van der Waals surface area (Å²) in [5, 5.41) is 2.78. The third kappa shape index (κ3) is 5.95. The highest BCUT2D eigenvalue weighted by molar-refractivity contribution is 7.86. The van der Waals surface area contributed by atoms with Crippen LogP contribution in [0.5, 0.6) is 0 Å². The van der Waals surface area contributed by atoms with E-state index in [0.29, 0.717) is 0 Å². The molecule has 0 aliphatic heterocycles. The Balaban J connectivity index is 3.11. The van der Waals surface area contributed by atoms with Gasteiger partial charge >= 0.3 is 0 Å². The molecular formula is C17H27NO4S. The average molecular weight is 341 g/mol. The number of hydrogen-bond donors (Lipinski definition) is 1. The van der Waals surface area contributed by atoms with Crippen molar-refractivity contribution < 1.29 is 17.4 Å². The van der Waals surface area contributed by atoms with Crippen molar-refractivity contribution >= 4 is 16.0 Å². The molecule has 23 heavy (non-hydrogen) atoms. The molecule has 0 aliphatic rings. The number of aryl methyl sites for hydroxylation is 1. The monoisotopic (exact) mass is 341 g/mol. The van der Waals surface area contributed by atoms with Gasteiger partial charge in [-0.1, -0.05) is 38.5 Å². The lowest BCUT2D eigenvalue weighted by Crippen LogP contribution is -2.51. The minimum atomic E-state index is -4.02. The summed E-state index contributed by atoms with van der Waals surface area (Å²) >= 11 is 0. The Bertz CT molecular complexity index is 649. The van der Waals surface area contributed by atoms with E-state index in [9.17, 15) is 13.2 Å². The minimum absolute atomic E-state index is 0.0425. The molecule has 5 nitrogen and oxygen atoms in total. The number of carbonyl (C=O) groups excluding carboxylic acids is 1. The number of nitrogens with one attached hydrogen (secondary N) is 1. The number of benzene rings is 1. The quantitative estimate of drug-likeness (QED) is 0.855. The summed E-state index contributed by atoms with van der Waals surface area (Å²) < 4.78 is 30.2. The second-order valence-corrected chi connectivity index (χ2v) is 9.42. The van der Waals surface area contributed by atoms with Crippen LogP contribution < -0.4 is 5.32 Å². The standard InChI is InChI=1S/C17H27NO4S/c1-12-8-10-13(11-9-12)23(20,21)22-14(16(2,3)4)15(19)18-17(5,6)7/h8-11,14H,1-7H3,(H,18,19). The maximum Gasteiger partial charge on any atom is 0.297 e. The molecule has 0 bridgehead atoms. The molecule has 0 saturated carbocycles. The highest BCUT2D eigenvalue weighted by atomic mass is 32.2. The summed E-state index contributed by atoms with van der Waals surface area (Å²) in [5.74, 6) is -0.444. The Hall–Kier alpha value is -1.40. The lowest BCUT2D eigenvalue weighted by atomic mass is 9.88. The van der Waals surface area contributed by atoms with Crippen molar-refractivity contribution in [3.05, 3.63) is 29.8 Å². The van der Waals surface area contributed by atoms with Gasteiger partial charge in [0.05, 0.1) is 4.90 Å². The maximum absolute atomic E-state index is 12.5. The second kappa shape index (κ2) is 6.61. The molecule has 0 aromatic heterocycles. The van der Waals surface area contributed by atoms with Gasteiger partial charge in [-0.25, -0.2) is 0 Å². The van der Waals surface area contributed by atoms with Crippen LogP contribution in [0.25, 0.3) is 0 Å². The third-order valence-corrected chi connectivity index (χ3v) is 4.35. The van der Waals surface area contributed by atoms with Crippen LogP contribution in [0, 0.1) is 12.3 Å². The van der Waals surface area contributed by atoms with Crippen molar-refractivity contribution in [2.45, 2.75) is 65.0 Å². The molecule has 0 fully saturated rings. The average Bonchev–Trinajstić information content (AvgIpc) is 2.33. The molecule has 1 atom stereocenters. The van der Waals surface area contributed by atoms with Gasteiger partial charge in [-0.2, -0.15) is 8.42 Å². The largest absolute Gasteiger partial charge is 0.349 e. The first-order valence-corrected chi connectivity index (χ1v) is 8.95. The first-order chi connectivity index (χ1) is 10.2. The van der Waals surface area contributed by atoms with Crippen LogP contribution in [-0.4, -0.2) is 26.0 Å². The van der Waals surface area contributed by atoms with E-state index in [1.807, 2.05) is 27.7 Å². The van der Waals surface area contributed by atoms with Gasteiger partial charge in [0.15, 0.2) is 6.10 Å². The summed E-state index contributed by atoms with van der Waals surface area (Å²) in [6, 6.07) is 6.34. The van der Waals surface area contributed by atoms with Crippen LogP contribution in [0.4, 0.5) is 0 Å². The van der Waals surface area contributed by atoms with Crippen molar-refractivity contribution in [3.8, 4) is 0 Å². The van der Waals surface area contributed by atoms with E-state index in [4.69, 9.17) is 4.18 Å². The van der Waals surface area contributed by atoms with Crippen molar-refractivity contribution in [2.75, 3.05) is 0 Å². The normalized spacial score (nSPS) is 14.4. The zero-order valence-electron chi connectivity index (χ0n) is 14.9. The third-order valence-electron chi connectivity index (χ3n) is 3.06. The summed E-state index contributed by atoms with van der Waals surface area (Å²) in [5.41, 5.74) is -0.202. The van der Waals surface area contributed by atoms with E-state index in [1.54, 1.807) is 32.9 Å². The Morgan fingerprint density at radius 3 is 1.91 bits per heavy atom. The molecule has 1 amide bonds. The summed E-state index contributed by atoms with van der Waals surface area (Å²) in [4.78, 5) is 12.5. The summed E-state index contributed by atoms with van der Waals surface area (Å²) in [6.07, 6.45) is -1.12. The topological polar surface area (TPSA) is 72.5 Å². The van der Waals surface area contributed by atoms with Gasteiger partial charge in [-0.3, -0.25) is 8.98 Å². The van der Waals surface area contributed by atoms with Crippen molar-refractivity contribution in [3.63, 3.8) is 0 Å². The van der Waals surface area contributed by atoms with E-state index in [2.05, 4.69) is 5.32 Å². The van der Waals surface area contributed by atoms with E-state index < -0.39 is 33.1 Å². The molecule has 0 radical (unpaired) electrons. The second-order valence-electron chi connectivity index (χ2n) is 7.85. The van der Waals surface area contributed by atoms with Crippen LogP contribution in [-0.2, 0) is 19.1 Å². The fraction of sp³-hybridized carbons (Fsp3) is 0.588. The Labute approximate surface area is 139 Å². The van der Waals surface area contributed by atoms with E-state index in [-0.39, 0.29) is 4.90 Å². The molecule has 1 aromatic rings. The highest BCUT2D eigenvalue weighted by Gasteiger charge is 2.38. The van der Waals surface area contributed by atoms with Gasteiger partial charge in [-0.05, 0) is 45.2 Å². The number of hydrogen-bond acceptors (Lipinski definition) is 4. The van der Waals surface area contributed by atoms with Crippen LogP contribution in [0.15, 0.2) is 29.2 Å². The van der Waals surface area contributed by atoms with E-state index in [0.717, 1.165) is 5.56 Å². The summed E-state index contributed by atoms with van der Waals surface area (Å²) in [6.45, 7) is 12.7. The fourth-order valence-corrected chi connectivity index (χ4v) is 3.11. The molecule has 0 heterocycles. The fourth-order valence-electron chi connectivity index (χ4n) is 1.90. The molecule has 1 rings (SSSR count). The van der Waals surface area contributed by atoms with Crippen molar-refractivity contribution in [2.24, 2.45) is 5.41 Å². The summed E-state index contributed by atoms with van der Waals surface area (Å²) in [7, 11) is -4.02. The highest BCUT2D eigenvalue weighted by Crippen LogP contribution is 2.27. The van der Waals surface area contributed by atoms with Gasteiger partial charge < -0.3 is 5.32 Å². The molecule has 0 spiro atoms. The lowest BCUT2D eigenvalue weighted by molar-refractivity contribution is -0.133. The van der Waals surface area contributed by atoms with Crippen molar-refractivity contribution in [1.82, 2.24) is 5.32 Å². The van der Waals surface area contributed by atoms with Gasteiger partial charge in [0.25, 0.3) is 16.0 Å². The molecule has 6 heteroatoms. The molecule has 130 valence electrons. The van der Waals surface area contributed by atoms with Gasteiger partial charge in [0, 0.05) is 5.54 Å². The van der Waals surface area contributed by atoms with Gasteiger partial charge in [0.1, 0.15) is 0 Å². The SMILES string of the molecule is Cc1ccc(S(=O)(=O)OC(C(=O)NC(C)(C)C)C(C)(C)C)cc1. The van der Waals surface area contributed by atoms with E-state index in [1.165, 1.54) is 12.1 Å². The number of amides is 1. The zero-order chi connectivity index (χ0) is 18.1. The van der Waals surface area contributed by atoms with Crippen LogP contribution in [0.3, 0.4) is 0 Å². The molecule has 0 saturated heterocycles. The molecule has 1 aromatic carbocycles. The number of rotatable bonds is 4. The molecule has 1 unspecified atom stereocenters. The Morgan fingerprint density at radius 2 is 1.52 bits per heavy atom. The minimum Gasteiger partial charge on any atom is -0.349 e. The van der Waals surface area contributed by atoms with Crippen LogP contribution in [0.1, 0.15) is 47.1 Å². The van der Waals surface area contributed by atoms with Crippen LogP contribution >= 0.6 is 0 Å².